The number of thiazole rings is 1. The molecule has 3 rings (SSSR count). The van der Waals surface area contributed by atoms with Crippen molar-refractivity contribution in [1.29, 1.82) is 0 Å². The number of nitrogens with zero attached hydrogens (tertiary/aromatic N) is 3. The molecule has 1 atom stereocenters. The summed E-state index contributed by atoms with van der Waals surface area (Å²) in [6.07, 6.45) is 2.97. The third-order valence-corrected chi connectivity index (χ3v) is 5.35. The first-order valence-corrected chi connectivity index (χ1v) is 9.42. The van der Waals surface area contributed by atoms with Crippen LogP contribution in [0.4, 0.5) is 5.82 Å². The highest BCUT2D eigenvalue weighted by atomic mass is 32.1. The molecule has 3 heterocycles. The number of aryl methyl sites for hydroxylation is 2. The van der Waals surface area contributed by atoms with Crippen molar-refractivity contribution in [1.82, 2.24) is 14.9 Å². The summed E-state index contributed by atoms with van der Waals surface area (Å²) in [5.41, 5.74) is 2.03. The molecule has 0 aromatic carbocycles. The normalized spacial score (nSPS) is 18.5. The zero-order valence-corrected chi connectivity index (χ0v) is 15.1. The molecule has 2 aromatic heterocycles. The van der Waals surface area contributed by atoms with Gasteiger partial charge < -0.3 is 5.32 Å². The van der Waals surface area contributed by atoms with Crippen molar-refractivity contribution in [3.63, 3.8) is 0 Å². The molecule has 1 amide bonds. The number of amides is 1. The van der Waals surface area contributed by atoms with Crippen LogP contribution in [0.15, 0.2) is 23.6 Å². The zero-order valence-electron chi connectivity index (χ0n) is 14.3. The molecule has 1 N–H and O–H groups in total. The molecule has 0 spiro atoms. The molecule has 128 valence electrons. The second-order valence-electron chi connectivity index (χ2n) is 6.31. The predicted molar refractivity (Wildman–Crippen MR) is 97.1 cm³/mol. The van der Waals surface area contributed by atoms with Crippen molar-refractivity contribution in [3.8, 4) is 0 Å². The lowest BCUT2D eigenvalue weighted by Gasteiger charge is -2.31. The fraction of sp³-hybridized carbons (Fsp3) is 0.500. The van der Waals surface area contributed by atoms with Gasteiger partial charge in [-0.05, 0) is 44.9 Å². The van der Waals surface area contributed by atoms with Crippen molar-refractivity contribution < 1.29 is 4.79 Å². The molecule has 0 radical (unpaired) electrons. The lowest BCUT2D eigenvalue weighted by Crippen LogP contribution is -2.40. The second kappa shape index (κ2) is 7.85. The van der Waals surface area contributed by atoms with E-state index < -0.39 is 0 Å². The highest BCUT2D eigenvalue weighted by Crippen LogP contribution is 2.21. The van der Waals surface area contributed by atoms with Crippen molar-refractivity contribution in [2.75, 3.05) is 18.4 Å². The van der Waals surface area contributed by atoms with Crippen LogP contribution in [0, 0.1) is 12.8 Å². The molecule has 0 bridgehead atoms. The number of carbonyl (C=O) groups is 1. The number of carbonyl (C=O) groups excluding carboxylic acids is 1. The van der Waals surface area contributed by atoms with Gasteiger partial charge in [0.05, 0.1) is 16.6 Å². The maximum atomic E-state index is 12.5. The summed E-state index contributed by atoms with van der Waals surface area (Å²) < 4.78 is 0. The van der Waals surface area contributed by atoms with Gasteiger partial charge in [0.2, 0.25) is 5.91 Å². The summed E-state index contributed by atoms with van der Waals surface area (Å²) in [6.45, 7) is 6.71. The van der Waals surface area contributed by atoms with Crippen LogP contribution in [-0.4, -0.2) is 33.9 Å². The average molecular weight is 344 g/mol. The predicted octanol–water partition coefficient (Wildman–Crippen LogP) is 3.26. The number of rotatable bonds is 5. The number of likely N-dealkylation sites (tertiary alicyclic amines) is 1. The van der Waals surface area contributed by atoms with Crippen LogP contribution in [0.5, 0.6) is 0 Å². The van der Waals surface area contributed by atoms with Crippen LogP contribution in [0.2, 0.25) is 0 Å². The second-order valence-corrected chi connectivity index (χ2v) is 7.26. The Labute approximate surface area is 147 Å². The van der Waals surface area contributed by atoms with Crippen molar-refractivity contribution in [2.45, 2.75) is 39.7 Å². The topological polar surface area (TPSA) is 58.1 Å². The molecule has 1 fully saturated rings. The SMILES string of the molecule is CCc1nc(CN2CCCC(C(=O)Nc3cccc(C)n3)C2)cs1. The van der Waals surface area contributed by atoms with Gasteiger partial charge in [-0.2, -0.15) is 0 Å². The van der Waals surface area contributed by atoms with E-state index in [4.69, 9.17) is 0 Å². The van der Waals surface area contributed by atoms with Crippen LogP contribution < -0.4 is 5.32 Å². The number of aromatic nitrogens is 2. The molecule has 24 heavy (non-hydrogen) atoms. The molecule has 0 saturated carbocycles. The van der Waals surface area contributed by atoms with Crippen LogP contribution in [0.3, 0.4) is 0 Å². The van der Waals surface area contributed by atoms with Crippen molar-refractivity contribution in [2.24, 2.45) is 5.92 Å². The molecule has 5 nitrogen and oxygen atoms in total. The van der Waals surface area contributed by atoms with E-state index in [9.17, 15) is 4.79 Å². The number of pyridine rings is 1. The Hall–Kier alpha value is -1.79. The van der Waals surface area contributed by atoms with Crippen LogP contribution in [0.25, 0.3) is 0 Å². The number of hydrogen-bond donors (Lipinski definition) is 1. The quantitative estimate of drug-likeness (QED) is 0.904. The molecule has 6 heteroatoms. The van der Waals surface area contributed by atoms with E-state index in [1.54, 1.807) is 11.3 Å². The molecular formula is C18H24N4OS. The maximum Gasteiger partial charge on any atom is 0.229 e. The summed E-state index contributed by atoms with van der Waals surface area (Å²) in [6, 6.07) is 5.68. The van der Waals surface area contributed by atoms with Gasteiger partial charge >= 0.3 is 0 Å². The molecule has 1 unspecified atom stereocenters. The molecular weight excluding hydrogens is 320 g/mol. The van der Waals surface area contributed by atoms with Gasteiger partial charge in [0, 0.05) is 24.2 Å². The van der Waals surface area contributed by atoms with Crippen LogP contribution in [0.1, 0.15) is 36.2 Å². The fourth-order valence-corrected chi connectivity index (χ4v) is 3.80. The first-order valence-electron chi connectivity index (χ1n) is 8.54. The van der Waals surface area contributed by atoms with Gasteiger partial charge in [-0.1, -0.05) is 13.0 Å². The summed E-state index contributed by atoms with van der Waals surface area (Å²) >= 11 is 1.72. The van der Waals surface area contributed by atoms with E-state index in [0.29, 0.717) is 5.82 Å². The summed E-state index contributed by atoms with van der Waals surface area (Å²) in [5.74, 6) is 0.736. The van der Waals surface area contributed by atoms with E-state index in [1.807, 2.05) is 25.1 Å². The minimum atomic E-state index is 0.0188. The molecule has 1 saturated heterocycles. The lowest BCUT2D eigenvalue weighted by molar-refractivity contribution is -0.121. The number of hydrogen-bond acceptors (Lipinski definition) is 5. The van der Waals surface area contributed by atoms with E-state index in [2.05, 4.69) is 32.5 Å². The third kappa shape index (κ3) is 4.39. The molecule has 1 aliphatic heterocycles. The largest absolute Gasteiger partial charge is 0.310 e. The van der Waals surface area contributed by atoms with E-state index >= 15 is 0 Å². The maximum absolute atomic E-state index is 12.5. The fourth-order valence-electron chi connectivity index (χ4n) is 3.07. The molecule has 1 aliphatic rings. The Morgan fingerprint density at radius 1 is 1.42 bits per heavy atom. The van der Waals surface area contributed by atoms with Crippen LogP contribution >= 0.6 is 11.3 Å². The number of piperidine rings is 1. The van der Waals surface area contributed by atoms with Crippen LogP contribution in [-0.2, 0) is 17.8 Å². The lowest BCUT2D eigenvalue weighted by atomic mass is 9.97. The van der Waals surface area contributed by atoms with E-state index in [1.165, 1.54) is 5.01 Å². The van der Waals surface area contributed by atoms with Gasteiger partial charge in [0.15, 0.2) is 0 Å². The monoisotopic (exact) mass is 344 g/mol. The number of anilines is 1. The molecule has 0 aliphatic carbocycles. The summed E-state index contributed by atoms with van der Waals surface area (Å²) in [5, 5.41) is 6.28. The zero-order chi connectivity index (χ0) is 16.9. The molecule has 2 aromatic rings. The third-order valence-electron chi connectivity index (χ3n) is 4.30. The smallest absolute Gasteiger partial charge is 0.229 e. The first kappa shape index (κ1) is 17.0. The van der Waals surface area contributed by atoms with Gasteiger partial charge in [-0.25, -0.2) is 9.97 Å². The Balaban J connectivity index is 1.57. The average Bonchev–Trinajstić information content (AvgIpc) is 3.03. The number of nitrogens with one attached hydrogen (secondary N) is 1. The van der Waals surface area contributed by atoms with Gasteiger partial charge in [-0.3, -0.25) is 9.69 Å². The van der Waals surface area contributed by atoms with Gasteiger partial charge in [0.1, 0.15) is 5.82 Å². The summed E-state index contributed by atoms with van der Waals surface area (Å²) in [4.78, 5) is 23.9. The standard InChI is InChI=1S/C18H24N4OS/c1-3-17-20-15(12-24-17)11-22-9-5-7-14(10-22)18(23)21-16-8-4-6-13(2)19-16/h4,6,8,12,14H,3,5,7,9-11H2,1-2H3,(H,19,21,23). The van der Waals surface area contributed by atoms with Crippen molar-refractivity contribution in [3.05, 3.63) is 40.0 Å². The van der Waals surface area contributed by atoms with Crippen molar-refractivity contribution >= 4 is 23.1 Å². The Kier molecular flexibility index (Phi) is 5.58. The minimum Gasteiger partial charge on any atom is -0.310 e. The minimum absolute atomic E-state index is 0.0188. The van der Waals surface area contributed by atoms with E-state index in [-0.39, 0.29) is 11.8 Å². The highest BCUT2D eigenvalue weighted by molar-refractivity contribution is 7.09. The Morgan fingerprint density at radius 3 is 3.04 bits per heavy atom. The first-order chi connectivity index (χ1) is 11.6. The highest BCUT2D eigenvalue weighted by Gasteiger charge is 2.26. The van der Waals surface area contributed by atoms with Gasteiger partial charge in [0.25, 0.3) is 0 Å². The Morgan fingerprint density at radius 2 is 2.29 bits per heavy atom. The Bertz CT molecular complexity index is 700. The van der Waals surface area contributed by atoms with Gasteiger partial charge in [-0.15, -0.1) is 11.3 Å². The van der Waals surface area contributed by atoms with E-state index in [0.717, 1.165) is 50.3 Å². The summed E-state index contributed by atoms with van der Waals surface area (Å²) in [7, 11) is 0.